The number of carbonyl (C=O) groups is 11. The Morgan fingerprint density at radius 2 is 0.976 bits per heavy atom. The maximum atomic E-state index is 14.4. The molecule has 83 heavy (non-hydrogen) atoms. The summed E-state index contributed by atoms with van der Waals surface area (Å²) in [5.41, 5.74) is 22.9. The van der Waals surface area contributed by atoms with Gasteiger partial charge in [0, 0.05) is 44.1 Å². The number of carbonyl (C=O) groups excluding carboxylic acids is 9. The molecule has 1 heterocycles. The highest BCUT2D eigenvalue weighted by atomic mass is 16.4. The zero-order valence-electron chi connectivity index (χ0n) is 45.4. The lowest BCUT2D eigenvalue weighted by Gasteiger charge is -2.28. The van der Waals surface area contributed by atoms with Crippen LogP contribution in [0.1, 0.15) is 69.2 Å². The maximum absolute atomic E-state index is 14.4. The molecule has 0 radical (unpaired) electrons. The Kier molecular flexibility index (Phi) is 27.8. The summed E-state index contributed by atoms with van der Waals surface area (Å²) in [7, 11) is 0. The summed E-state index contributed by atoms with van der Waals surface area (Å²) in [5, 5.41) is 78.7. The third-order valence-corrected chi connectivity index (χ3v) is 12.2. The van der Waals surface area contributed by atoms with Gasteiger partial charge in [-0.3, -0.25) is 52.9 Å². The number of primary amides is 1. The molecule has 3 rings (SSSR count). The van der Waals surface area contributed by atoms with Gasteiger partial charge in [0.25, 0.3) is 0 Å². The fourth-order valence-corrected chi connectivity index (χ4v) is 7.83. The van der Waals surface area contributed by atoms with Crippen molar-refractivity contribution in [3.8, 4) is 11.5 Å². The molecule has 454 valence electrons. The molecule has 2 aromatic carbocycles. The van der Waals surface area contributed by atoms with Gasteiger partial charge in [-0.1, -0.05) is 38.1 Å². The number of rotatable bonds is 36. The summed E-state index contributed by atoms with van der Waals surface area (Å²) in [4.78, 5) is 157. The topological polar surface area (TPSA) is 551 Å². The second-order valence-electron chi connectivity index (χ2n) is 19.5. The Morgan fingerprint density at radius 1 is 0.554 bits per heavy atom. The average Bonchev–Trinajstić information content (AvgIpc) is 4.09. The first-order valence-electron chi connectivity index (χ1n) is 25.9. The number of phenolic OH excluding ortho intramolecular Hbond substituents is 2. The zero-order valence-corrected chi connectivity index (χ0v) is 45.4. The number of imidazole rings is 1. The van der Waals surface area contributed by atoms with E-state index >= 15 is 0 Å². The van der Waals surface area contributed by atoms with Gasteiger partial charge in [-0.25, -0.2) is 9.78 Å². The first-order valence-corrected chi connectivity index (χ1v) is 25.9. The molecule has 0 aliphatic rings. The number of hydrogen-bond donors (Lipinski definition) is 19. The van der Waals surface area contributed by atoms with Crippen molar-refractivity contribution in [3.05, 3.63) is 77.9 Å². The van der Waals surface area contributed by atoms with E-state index in [-0.39, 0.29) is 75.4 Å². The predicted molar refractivity (Wildman–Crippen MR) is 291 cm³/mol. The lowest BCUT2D eigenvalue weighted by molar-refractivity contribution is -0.142. The second kappa shape index (κ2) is 34.0. The number of nitrogens with one attached hydrogen (secondary N) is 9. The number of aromatic nitrogens is 2. The number of amides is 9. The standard InChI is InChI=1S/C51H73N15O17/c1-25(2)16-33(60-47(79)36(20-41(72)73)63-45(77)34(17-26-5-9-29(69)10-6-26)62-48(80)38(22-67)65-42(74)31(52)13-14-40(53)71)44(76)59-32(4-3-15-57-51(54)55)43(75)61-35(18-27-7-11-30(70)12-8-27)46(78)66-39(23-68)49(81)64-37(50(82)83)19-28-21-56-24-58-28/h5-12,21,24-25,31-39,67-70H,3-4,13-20,22-23,52H2,1-2H3,(H2,53,71)(H,56,58)(H,59,76)(H,60,79)(H,61,75)(H,62,80)(H,63,77)(H,64,81)(H,65,74)(H,66,78)(H,72,73)(H,82,83)(H4,54,55,57)/t31-,32-,33-,34-,35-,36-,37-,38-,39-/m0/s1. The lowest BCUT2D eigenvalue weighted by Crippen LogP contribution is -2.61. The third-order valence-electron chi connectivity index (χ3n) is 12.2. The summed E-state index contributed by atoms with van der Waals surface area (Å²) in [6.45, 7) is 1.16. The number of aromatic hydroxyl groups is 2. The summed E-state index contributed by atoms with van der Waals surface area (Å²) >= 11 is 0. The molecule has 0 saturated carbocycles. The van der Waals surface area contributed by atoms with Crippen molar-refractivity contribution in [3.63, 3.8) is 0 Å². The summed E-state index contributed by atoms with van der Waals surface area (Å²) in [5.74, 6) is -13.7. The Bertz CT molecular complexity index is 2730. The van der Waals surface area contributed by atoms with Gasteiger partial charge in [-0.2, -0.15) is 0 Å². The highest BCUT2D eigenvalue weighted by Crippen LogP contribution is 2.15. The molecule has 32 nitrogen and oxygen atoms in total. The Balaban J connectivity index is 1.95. The number of hydrogen-bond acceptors (Lipinski definition) is 18. The molecular formula is C51H73N15O17. The van der Waals surface area contributed by atoms with Crippen LogP contribution in [0.25, 0.3) is 0 Å². The van der Waals surface area contributed by atoms with E-state index in [2.05, 4.69) is 57.5 Å². The average molecular weight is 1170 g/mol. The number of H-pyrrole nitrogens is 1. The van der Waals surface area contributed by atoms with Gasteiger partial charge in [0.05, 0.1) is 32.0 Å². The van der Waals surface area contributed by atoms with E-state index in [4.69, 9.17) is 22.9 Å². The van der Waals surface area contributed by atoms with E-state index in [0.717, 1.165) is 0 Å². The molecule has 1 aromatic heterocycles. The molecule has 32 heteroatoms. The number of nitrogens with two attached hydrogens (primary N) is 4. The highest BCUT2D eigenvalue weighted by molar-refractivity contribution is 5.99. The van der Waals surface area contributed by atoms with Gasteiger partial charge in [0.15, 0.2) is 5.96 Å². The molecule has 0 fully saturated rings. The Hall–Kier alpha value is -9.43. The molecule has 0 saturated heterocycles. The van der Waals surface area contributed by atoms with Crippen LogP contribution in [-0.4, -0.2) is 186 Å². The van der Waals surface area contributed by atoms with Crippen molar-refractivity contribution in [2.75, 3.05) is 19.8 Å². The quantitative estimate of drug-likeness (QED) is 0.0146. The maximum Gasteiger partial charge on any atom is 0.326 e. The molecule has 0 unspecified atom stereocenters. The normalized spacial score (nSPS) is 14.2. The highest BCUT2D eigenvalue weighted by Gasteiger charge is 2.36. The van der Waals surface area contributed by atoms with Crippen LogP contribution in [0.4, 0.5) is 0 Å². The van der Waals surface area contributed by atoms with Crippen LogP contribution in [0.15, 0.2) is 66.0 Å². The van der Waals surface area contributed by atoms with E-state index < -0.39 is 145 Å². The Morgan fingerprint density at radius 3 is 1.42 bits per heavy atom. The molecule has 0 spiro atoms. The number of guanidine groups is 1. The van der Waals surface area contributed by atoms with Gasteiger partial charge in [0.2, 0.25) is 53.2 Å². The minimum absolute atomic E-state index is 0.00678. The summed E-state index contributed by atoms with van der Waals surface area (Å²) < 4.78 is 0. The first-order chi connectivity index (χ1) is 39.2. The summed E-state index contributed by atoms with van der Waals surface area (Å²) in [6.07, 6.45) is -0.370. The SMILES string of the molecule is CC(C)C[C@H](NC(=O)[C@H](CC(=O)O)NC(=O)[C@H](Cc1ccc(O)cc1)NC(=O)[C@H](CO)NC(=O)[C@@H](N)CCC(N)=O)C(=O)N[C@@H](CCCN=C(N)N)C(=O)N[C@@H](Cc1ccc(O)cc1)C(=O)N[C@@H](CO)C(=O)N[C@@H](Cc1cnc[nH]1)C(=O)O. The number of aliphatic hydroxyl groups excluding tert-OH is 2. The van der Waals surface area contributed by atoms with Crippen molar-refractivity contribution in [2.24, 2.45) is 33.8 Å². The van der Waals surface area contributed by atoms with Crippen LogP contribution in [0.2, 0.25) is 0 Å². The van der Waals surface area contributed by atoms with Crippen LogP contribution in [0.5, 0.6) is 11.5 Å². The van der Waals surface area contributed by atoms with Crippen molar-refractivity contribution in [1.29, 1.82) is 0 Å². The lowest BCUT2D eigenvalue weighted by atomic mass is 10.0. The van der Waals surface area contributed by atoms with Gasteiger partial charge in [-0.15, -0.1) is 0 Å². The van der Waals surface area contributed by atoms with Crippen molar-refractivity contribution >= 4 is 71.1 Å². The van der Waals surface area contributed by atoms with Crippen LogP contribution >= 0.6 is 0 Å². The monoisotopic (exact) mass is 1170 g/mol. The van der Waals surface area contributed by atoms with Crippen LogP contribution in [0.3, 0.4) is 0 Å². The van der Waals surface area contributed by atoms with Gasteiger partial charge in [-0.05, 0) is 67.0 Å². The van der Waals surface area contributed by atoms with Gasteiger partial charge in [0.1, 0.15) is 59.8 Å². The smallest absolute Gasteiger partial charge is 0.326 e. The second-order valence-corrected chi connectivity index (χ2v) is 19.5. The van der Waals surface area contributed by atoms with Crippen molar-refractivity contribution in [2.45, 2.75) is 126 Å². The van der Waals surface area contributed by atoms with Crippen molar-refractivity contribution < 1.29 is 83.4 Å². The minimum Gasteiger partial charge on any atom is -0.508 e. The van der Waals surface area contributed by atoms with Gasteiger partial charge >= 0.3 is 11.9 Å². The molecule has 0 aliphatic carbocycles. The van der Waals surface area contributed by atoms with Crippen LogP contribution in [0, 0.1) is 5.92 Å². The van der Waals surface area contributed by atoms with E-state index in [9.17, 15) is 83.4 Å². The number of phenols is 2. The van der Waals surface area contributed by atoms with E-state index in [0.29, 0.717) is 16.8 Å². The number of aliphatic hydroxyl groups is 2. The van der Waals surface area contributed by atoms with E-state index in [1.165, 1.54) is 61.1 Å². The molecule has 9 atom stereocenters. The molecule has 0 aliphatic heterocycles. The number of benzene rings is 2. The van der Waals surface area contributed by atoms with Gasteiger partial charge < -0.3 is 101 Å². The number of nitrogens with zero attached hydrogens (tertiary/aromatic N) is 2. The molecular weight excluding hydrogens is 1090 g/mol. The predicted octanol–water partition coefficient (Wildman–Crippen LogP) is -6.04. The molecule has 3 aromatic rings. The number of aliphatic imine (C=N–C) groups is 1. The zero-order chi connectivity index (χ0) is 61.9. The molecule has 23 N–H and O–H groups in total. The first kappa shape index (κ1) is 67.8. The number of aliphatic carboxylic acids is 2. The third kappa shape index (κ3) is 24.5. The summed E-state index contributed by atoms with van der Waals surface area (Å²) in [6, 6.07) is -4.19. The molecule has 0 bridgehead atoms. The van der Waals surface area contributed by atoms with Crippen LogP contribution < -0.4 is 65.5 Å². The van der Waals surface area contributed by atoms with Crippen molar-refractivity contribution in [1.82, 2.24) is 52.5 Å². The number of carboxylic acid groups (broad SMARTS) is 2. The molecule has 9 amide bonds. The number of carboxylic acids is 2. The Labute approximate surface area is 474 Å². The fraction of sp³-hybridized carbons (Fsp3) is 0.471. The fourth-order valence-electron chi connectivity index (χ4n) is 7.83. The van der Waals surface area contributed by atoms with E-state index in [1.807, 2.05) is 0 Å². The largest absolute Gasteiger partial charge is 0.508 e. The van der Waals surface area contributed by atoms with Crippen LogP contribution in [-0.2, 0) is 72.0 Å². The number of aromatic amines is 1. The minimum atomic E-state index is -1.98. The van der Waals surface area contributed by atoms with E-state index in [1.54, 1.807) is 13.8 Å².